The number of nitro groups is 1. The molecule has 2 aromatic carbocycles. The van der Waals surface area contributed by atoms with Crippen molar-refractivity contribution in [3.63, 3.8) is 0 Å². The summed E-state index contributed by atoms with van der Waals surface area (Å²) in [6, 6.07) is 10.8. The summed E-state index contributed by atoms with van der Waals surface area (Å²) in [5, 5.41) is 17.0. The normalized spacial score (nSPS) is 13.7. The summed E-state index contributed by atoms with van der Waals surface area (Å²) in [4.78, 5) is 24.7. The van der Waals surface area contributed by atoms with Gasteiger partial charge in [0, 0.05) is 30.8 Å². The predicted molar refractivity (Wildman–Crippen MR) is 111 cm³/mol. The topological polar surface area (TPSA) is 96.7 Å². The van der Waals surface area contributed by atoms with Gasteiger partial charge in [-0.25, -0.2) is 0 Å². The second-order valence-corrected chi connectivity index (χ2v) is 6.77. The van der Waals surface area contributed by atoms with Gasteiger partial charge >= 0.3 is 0 Å². The number of nitro benzene ring substituents is 1. The number of morpholine rings is 1. The van der Waals surface area contributed by atoms with Crippen molar-refractivity contribution >= 4 is 51.9 Å². The van der Waals surface area contributed by atoms with Gasteiger partial charge in [0.15, 0.2) is 5.11 Å². The number of amides is 1. The fraction of sp³-hybridized carbons (Fsp3) is 0.222. The quantitative estimate of drug-likeness (QED) is 0.445. The summed E-state index contributed by atoms with van der Waals surface area (Å²) in [6.45, 7) is 2.56. The van der Waals surface area contributed by atoms with Gasteiger partial charge in [-0.3, -0.25) is 20.2 Å². The fourth-order valence-electron chi connectivity index (χ4n) is 2.81. The van der Waals surface area contributed by atoms with Crippen LogP contribution < -0.4 is 15.5 Å². The van der Waals surface area contributed by atoms with Gasteiger partial charge < -0.3 is 15.0 Å². The summed E-state index contributed by atoms with van der Waals surface area (Å²) in [6.07, 6.45) is 0. The van der Waals surface area contributed by atoms with Crippen molar-refractivity contribution in [2.24, 2.45) is 0 Å². The number of benzene rings is 2. The van der Waals surface area contributed by atoms with E-state index in [0.29, 0.717) is 37.0 Å². The smallest absolute Gasteiger partial charge is 0.270 e. The Balaban J connectivity index is 1.73. The number of carbonyl (C=O) groups is 1. The van der Waals surface area contributed by atoms with E-state index >= 15 is 0 Å². The Bertz CT molecular complexity index is 918. The lowest BCUT2D eigenvalue weighted by molar-refractivity contribution is -0.384. The minimum Gasteiger partial charge on any atom is -0.378 e. The highest BCUT2D eigenvalue weighted by Crippen LogP contribution is 2.34. The molecule has 2 N–H and O–H groups in total. The molecule has 0 saturated carbocycles. The van der Waals surface area contributed by atoms with Crippen LogP contribution in [0.25, 0.3) is 0 Å². The van der Waals surface area contributed by atoms with E-state index in [9.17, 15) is 14.9 Å². The van der Waals surface area contributed by atoms with Crippen molar-refractivity contribution in [3.05, 3.63) is 63.2 Å². The zero-order valence-corrected chi connectivity index (χ0v) is 16.3. The standard InChI is InChI=1S/C18H17ClN4O4S/c19-14-5-2-6-15(16(14)22-7-9-27-10-8-22)20-18(28)21-17(24)12-3-1-4-13(11-12)23(25)26/h1-6,11H,7-10H2,(H2,20,21,24,28). The number of hydrogen-bond donors (Lipinski definition) is 2. The van der Waals surface area contributed by atoms with Crippen molar-refractivity contribution < 1.29 is 14.5 Å². The minimum atomic E-state index is -0.562. The number of rotatable bonds is 4. The SMILES string of the molecule is O=C(NC(=S)Nc1cccc(Cl)c1N1CCOCC1)c1cccc([N+](=O)[O-])c1. The van der Waals surface area contributed by atoms with Gasteiger partial charge in [-0.1, -0.05) is 23.7 Å². The van der Waals surface area contributed by atoms with Crippen LogP contribution in [-0.4, -0.2) is 42.2 Å². The van der Waals surface area contributed by atoms with Crippen LogP contribution in [0, 0.1) is 10.1 Å². The number of halogens is 1. The molecule has 28 heavy (non-hydrogen) atoms. The maximum atomic E-state index is 12.4. The molecule has 10 heteroatoms. The molecule has 8 nitrogen and oxygen atoms in total. The average molecular weight is 421 g/mol. The Morgan fingerprint density at radius 3 is 2.64 bits per heavy atom. The number of nitrogens with one attached hydrogen (secondary N) is 2. The lowest BCUT2D eigenvalue weighted by Crippen LogP contribution is -2.38. The molecule has 1 amide bonds. The number of para-hydroxylation sites is 1. The fourth-order valence-corrected chi connectivity index (χ4v) is 3.31. The van der Waals surface area contributed by atoms with E-state index in [1.54, 1.807) is 12.1 Å². The Hall–Kier alpha value is -2.75. The number of hydrogen-bond acceptors (Lipinski definition) is 6. The largest absolute Gasteiger partial charge is 0.378 e. The maximum absolute atomic E-state index is 12.4. The lowest BCUT2D eigenvalue weighted by Gasteiger charge is -2.31. The van der Waals surface area contributed by atoms with E-state index in [1.165, 1.54) is 24.3 Å². The van der Waals surface area contributed by atoms with Crippen LogP contribution in [0.4, 0.5) is 17.1 Å². The third-order valence-corrected chi connectivity index (χ3v) is 4.62. The van der Waals surface area contributed by atoms with E-state index in [-0.39, 0.29) is 16.4 Å². The van der Waals surface area contributed by atoms with Gasteiger partial charge in [-0.05, 0) is 30.4 Å². The third kappa shape index (κ3) is 4.75. The molecule has 2 aromatic rings. The van der Waals surface area contributed by atoms with Gasteiger partial charge in [-0.2, -0.15) is 0 Å². The highest BCUT2D eigenvalue weighted by molar-refractivity contribution is 7.80. The number of anilines is 2. The maximum Gasteiger partial charge on any atom is 0.270 e. The predicted octanol–water partition coefficient (Wildman–Crippen LogP) is 3.21. The molecule has 1 aliphatic rings. The first-order valence-electron chi connectivity index (χ1n) is 8.43. The molecule has 0 aliphatic carbocycles. The second kappa shape index (κ2) is 8.96. The summed E-state index contributed by atoms with van der Waals surface area (Å²) in [7, 11) is 0. The first-order valence-corrected chi connectivity index (χ1v) is 9.22. The molecule has 0 bridgehead atoms. The summed E-state index contributed by atoms with van der Waals surface area (Å²) >= 11 is 11.6. The third-order valence-electron chi connectivity index (χ3n) is 4.11. The second-order valence-electron chi connectivity index (χ2n) is 5.95. The van der Waals surface area contributed by atoms with E-state index < -0.39 is 10.8 Å². The molecule has 0 unspecified atom stereocenters. The van der Waals surface area contributed by atoms with Gasteiger partial charge in [0.05, 0.1) is 34.5 Å². The highest BCUT2D eigenvalue weighted by atomic mass is 35.5. The molecule has 0 aromatic heterocycles. The Morgan fingerprint density at radius 1 is 1.21 bits per heavy atom. The van der Waals surface area contributed by atoms with Crippen LogP contribution in [0.3, 0.4) is 0 Å². The van der Waals surface area contributed by atoms with Crippen molar-refractivity contribution in [3.8, 4) is 0 Å². The van der Waals surface area contributed by atoms with E-state index in [1.807, 2.05) is 6.07 Å². The number of nitrogens with zero attached hydrogens (tertiary/aromatic N) is 2. The molecule has 0 radical (unpaired) electrons. The van der Waals surface area contributed by atoms with E-state index in [2.05, 4.69) is 15.5 Å². The molecule has 1 heterocycles. The van der Waals surface area contributed by atoms with Gasteiger partial charge in [0.1, 0.15) is 0 Å². The average Bonchev–Trinajstić information content (AvgIpc) is 2.68. The summed E-state index contributed by atoms with van der Waals surface area (Å²) in [5.74, 6) is -0.545. The zero-order valence-electron chi connectivity index (χ0n) is 14.7. The van der Waals surface area contributed by atoms with Gasteiger partial charge in [0.25, 0.3) is 11.6 Å². The van der Waals surface area contributed by atoms with Crippen LogP contribution >= 0.6 is 23.8 Å². The van der Waals surface area contributed by atoms with Crippen LogP contribution in [-0.2, 0) is 4.74 Å². The number of non-ortho nitro benzene ring substituents is 1. The molecule has 1 fully saturated rings. The molecular formula is C18H17ClN4O4S. The molecule has 1 saturated heterocycles. The zero-order chi connectivity index (χ0) is 20.1. The van der Waals surface area contributed by atoms with E-state index in [0.717, 1.165) is 5.69 Å². The van der Waals surface area contributed by atoms with Gasteiger partial charge in [0.2, 0.25) is 0 Å². The van der Waals surface area contributed by atoms with Crippen LogP contribution in [0.1, 0.15) is 10.4 Å². The van der Waals surface area contributed by atoms with Crippen LogP contribution in [0.2, 0.25) is 5.02 Å². The highest BCUT2D eigenvalue weighted by Gasteiger charge is 2.19. The van der Waals surface area contributed by atoms with Crippen molar-refractivity contribution in [2.45, 2.75) is 0 Å². The molecule has 3 rings (SSSR count). The molecule has 146 valence electrons. The van der Waals surface area contributed by atoms with E-state index in [4.69, 9.17) is 28.6 Å². The minimum absolute atomic E-state index is 0.0632. The number of carbonyl (C=O) groups excluding carboxylic acids is 1. The van der Waals surface area contributed by atoms with Crippen LogP contribution in [0.5, 0.6) is 0 Å². The Morgan fingerprint density at radius 2 is 1.93 bits per heavy atom. The van der Waals surface area contributed by atoms with Crippen LogP contribution in [0.15, 0.2) is 42.5 Å². The lowest BCUT2D eigenvalue weighted by atomic mass is 10.2. The number of thiocarbonyl (C=S) groups is 1. The summed E-state index contributed by atoms with van der Waals surface area (Å²) in [5.41, 5.74) is 1.40. The first-order chi connectivity index (χ1) is 13.5. The Kier molecular flexibility index (Phi) is 6.40. The summed E-state index contributed by atoms with van der Waals surface area (Å²) < 4.78 is 5.37. The van der Waals surface area contributed by atoms with Gasteiger partial charge in [-0.15, -0.1) is 0 Å². The van der Waals surface area contributed by atoms with Crippen molar-refractivity contribution in [2.75, 3.05) is 36.5 Å². The Labute approximate surface area is 171 Å². The number of ether oxygens (including phenoxy) is 1. The molecule has 1 aliphatic heterocycles. The molecule has 0 spiro atoms. The van der Waals surface area contributed by atoms with Crippen molar-refractivity contribution in [1.82, 2.24) is 5.32 Å². The monoisotopic (exact) mass is 420 g/mol. The molecular weight excluding hydrogens is 404 g/mol. The molecule has 0 atom stereocenters. The first kappa shape index (κ1) is 20.0. The van der Waals surface area contributed by atoms with Crippen molar-refractivity contribution in [1.29, 1.82) is 0 Å².